The summed E-state index contributed by atoms with van der Waals surface area (Å²) in [5.41, 5.74) is 1.33. The Morgan fingerprint density at radius 2 is 1.68 bits per heavy atom. The Labute approximate surface area is 191 Å². The van der Waals surface area contributed by atoms with Crippen LogP contribution in [0.5, 0.6) is 5.75 Å². The van der Waals surface area contributed by atoms with E-state index in [1.165, 1.54) is 41.7 Å². The maximum Gasteiger partial charge on any atom is 0.262 e. The van der Waals surface area contributed by atoms with Gasteiger partial charge in [-0.15, -0.1) is 0 Å². The summed E-state index contributed by atoms with van der Waals surface area (Å²) in [5, 5.41) is 3.41. The standard InChI is InChI=1S/C22H20Cl2N2O4S/c1-26(14-16-5-3-2-4-6-16)31(28,29)19-10-8-18(9-11-19)25-22(27)15-30-21-12-7-17(23)13-20(21)24/h2-13H,14-15H2,1H3,(H,25,27). The van der Waals surface area contributed by atoms with Crippen molar-refractivity contribution in [1.82, 2.24) is 4.31 Å². The highest BCUT2D eigenvalue weighted by Crippen LogP contribution is 2.27. The number of carbonyl (C=O) groups is 1. The Kier molecular flexibility index (Phi) is 7.56. The van der Waals surface area contributed by atoms with Crippen LogP contribution in [0, 0.1) is 0 Å². The normalized spacial score (nSPS) is 11.4. The Morgan fingerprint density at radius 1 is 1.00 bits per heavy atom. The lowest BCUT2D eigenvalue weighted by atomic mass is 10.2. The first-order valence-corrected chi connectivity index (χ1v) is 11.4. The van der Waals surface area contributed by atoms with Gasteiger partial charge in [0.15, 0.2) is 6.61 Å². The molecular weight excluding hydrogens is 459 g/mol. The summed E-state index contributed by atoms with van der Waals surface area (Å²) in [4.78, 5) is 12.3. The lowest BCUT2D eigenvalue weighted by Gasteiger charge is -2.17. The highest BCUT2D eigenvalue weighted by Gasteiger charge is 2.21. The second-order valence-electron chi connectivity index (χ2n) is 6.68. The Morgan fingerprint density at radius 3 is 2.32 bits per heavy atom. The van der Waals surface area contributed by atoms with Gasteiger partial charge in [-0.1, -0.05) is 53.5 Å². The quantitative estimate of drug-likeness (QED) is 0.502. The van der Waals surface area contributed by atoms with Crippen molar-refractivity contribution in [2.75, 3.05) is 19.0 Å². The van der Waals surface area contributed by atoms with E-state index in [1.54, 1.807) is 12.1 Å². The van der Waals surface area contributed by atoms with Crippen molar-refractivity contribution in [2.24, 2.45) is 0 Å². The third-order valence-electron chi connectivity index (χ3n) is 4.35. The van der Waals surface area contributed by atoms with Crippen molar-refractivity contribution in [3.8, 4) is 5.75 Å². The number of hydrogen-bond acceptors (Lipinski definition) is 4. The van der Waals surface area contributed by atoms with Gasteiger partial charge in [0.05, 0.1) is 9.92 Å². The zero-order valence-electron chi connectivity index (χ0n) is 16.6. The van der Waals surface area contributed by atoms with Crippen LogP contribution in [-0.2, 0) is 21.4 Å². The number of hydrogen-bond donors (Lipinski definition) is 1. The first kappa shape index (κ1) is 23.1. The second-order valence-corrected chi connectivity index (χ2v) is 9.57. The fraction of sp³-hybridized carbons (Fsp3) is 0.136. The molecule has 0 bridgehead atoms. The topological polar surface area (TPSA) is 75.7 Å². The van der Waals surface area contributed by atoms with Gasteiger partial charge in [-0.05, 0) is 48.0 Å². The molecule has 162 valence electrons. The van der Waals surface area contributed by atoms with Gasteiger partial charge in [-0.3, -0.25) is 4.79 Å². The summed E-state index contributed by atoms with van der Waals surface area (Å²) in [6.45, 7) is -0.00648. The van der Waals surface area contributed by atoms with Crippen molar-refractivity contribution >= 4 is 44.8 Å². The molecule has 3 rings (SSSR count). The Balaban J connectivity index is 1.59. The molecule has 0 aliphatic rings. The van der Waals surface area contributed by atoms with Crippen molar-refractivity contribution < 1.29 is 17.9 Å². The van der Waals surface area contributed by atoms with Crippen molar-refractivity contribution in [3.05, 3.63) is 88.4 Å². The number of amides is 1. The average Bonchev–Trinajstić information content (AvgIpc) is 2.74. The molecular formula is C22H20Cl2N2O4S. The van der Waals surface area contributed by atoms with Gasteiger partial charge >= 0.3 is 0 Å². The third-order valence-corrected chi connectivity index (χ3v) is 6.70. The minimum Gasteiger partial charge on any atom is -0.482 e. The van der Waals surface area contributed by atoms with Crippen LogP contribution in [0.3, 0.4) is 0 Å². The van der Waals surface area contributed by atoms with Crippen molar-refractivity contribution in [1.29, 1.82) is 0 Å². The van der Waals surface area contributed by atoms with E-state index in [4.69, 9.17) is 27.9 Å². The fourth-order valence-corrected chi connectivity index (χ4v) is 4.37. The van der Waals surface area contributed by atoms with E-state index in [2.05, 4.69) is 5.32 Å². The Bertz CT molecular complexity index is 1150. The molecule has 1 N–H and O–H groups in total. The summed E-state index contributed by atoms with van der Waals surface area (Å²) in [5.74, 6) is -0.0769. The van der Waals surface area contributed by atoms with Gasteiger partial charge in [-0.2, -0.15) is 4.31 Å². The van der Waals surface area contributed by atoms with Crippen LogP contribution in [0.2, 0.25) is 10.0 Å². The monoisotopic (exact) mass is 478 g/mol. The molecule has 0 saturated carbocycles. The number of rotatable bonds is 8. The molecule has 0 unspecified atom stereocenters. The van der Waals surface area contributed by atoms with Gasteiger partial charge in [0, 0.05) is 24.3 Å². The average molecular weight is 479 g/mol. The lowest BCUT2D eigenvalue weighted by molar-refractivity contribution is -0.118. The minimum absolute atomic E-state index is 0.133. The van der Waals surface area contributed by atoms with Crippen LogP contribution in [0.4, 0.5) is 5.69 Å². The summed E-state index contributed by atoms with van der Waals surface area (Å²) in [6, 6.07) is 20.0. The maximum atomic E-state index is 12.8. The molecule has 31 heavy (non-hydrogen) atoms. The van der Waals surface area contributed by atoms with E-state index in [1.807, 2.05) is 30.3 Å². The molecule has 6 nitrogen and oxygen atoms in total. The zero-order chi connectivity index (χ0) is 22.4. The van der Waals surface area contributed by atoms with E-state index in [0.29, 0.717) is 21.5 Å². The second kappa shape index (κ2) is 10.2. The molecule has 0 radical (unpaired) electrons. The predicted octanol–water partition coefficient (Wildman–Crippen LogP) is 4.83. The van der Waals surface area contributed by atoms with E-state index in [0.717, 1.165) is 5.56 Å². The van der Waals surface area contributed by atoms with Gasteiger partial charge in [0.25, 0.3) is 5.91 Å². The molecule has 0 aliphatic heterocycles. The molecule has 1 amide bonds. The predicted molar refractivity (Wildman–Crippen MR) is 122 cm³/mol. The summed E-state index contributed by atoms with van der Waals surface area (Å²) < 4.78 is 32.2. The van der Waals surface area contributed by atoms with Gasteiger partial charge in [0.2, 0.25) is 10.0 Å². The first-order valence-electron chi connectivity index (χ1n) is 9.24. The smallest absolute Gasteiger partial charge is 0.262 e. The molecule has 0 fully saturated rings. The number of sulfonamides is 1. The highest BCUT2D eigenvalue weighted by atomic mass is 35.5. The van der Waals surface area contributed by atoms with Crippen LogP contribution >= 0.6 is 23.2 Å². The number of benzene rings is 3. The van der Waals surface area contributed by atoms with E-state index in [-0.39, 0.29) is 18.0 Å². The van der Waals surface area contributed by atoms with Crippen LogP contribution in [-0.4, -0.2) is 32.3 Å². The van der Waals surface area contributed by atoms with E-state index in [9.17, 15) is 13.2 Å². The van der Waals surface area contributed by atoms with E-state index >= 15 is 0 Å². The fourth-order valence-electron chi connectivity index (χ4n) is 2.75. The van der Waals surface area contributed by atoms with Crippen LogP contribution in [0.15, 0.2) is 77.7 Å². The molecule has 0 saturated heterocycles. The number of ether oxygens (including phenoxy) is 1. The number of halogens is 2. The lowest BCUT2D eigenvalue weighted by Crippen LogP contribution is -2.26. The van der Waals surface area contributed by atoms with E-state index < -0.39 is 15.9 Å². The number of anilines is 1. The van der Waals surface area contributed by atoms with Gasteiger partial charge in [0.1, 0.15) is 5.75 Å². The van der Waals surface area contributed by atoms with Crippen LogP contribution < -0.4 is 10.1 Å². The minimum atomic E-state index is -3.67. The molecule has 0 atom stereocenters. The molecule has 0 heterocycles. The molecule has 0 spiro atoms. The van der Waals surface area contributed by atoms with Crippen molar-refractivity contribution in [3.63, 3.8) is 0 Å². The largest absolute Gasteiger partial charge is 0.482 e. The van der Waals surface area contributed by atoms with Gasteiger partial charge < -0.3 is 10.1 Å². The highest BCUT2D eigenvalue weighted by molar-refractivity contribution is 7.89. The van der Waals surface area contributed by atoms with Crippen molar-refractivity contribution in [2.45, 2.75) is 11.4 Å². The number of nitrogens with zero attached hydrogens (tertiary/aromatic N) is 1. The number of carbonyl (C=O) groups excluding carboxylic acids is 1. The van der Waals surface area contributed by atoms with Crippen LogP contribution in [0.1, 0.15) is 5.56 Å². The molecule has 3 aromatic carbocycles. The summed E-state index contributed by atoms with van der Waals surface area (Å²) in [6.07, 6.45) is 0. The number of nitrogens with one attached hydrogen (secondary N) is 1. The SMILES string of the molecule is CN(Cc1ccccc1)S(=O)(=O)c1ccc(NC(=O)COc2ccc(Cl)cc2Cl)cc1. The Hall–Kier alpha value is -2.58. The molecule has 0 aromatic heterocycles. The summed E-state index contributed by atoms with van der Waals surface area (Å²) in [7, 11) is -2.14. The molecule has 0 aliphatic carbocycles. The molecule has 9 heteroatoms. The van der Waals surface area contributed by atoms with Gasteiger partial charge in [-0.25, -0.2) is 8.42 Å². The van der Waals surface area contributed by atoms with Crippen LogP contribution in [0.25, 0.3) is 0 Å². The summed E-state index contributed by atoms with van der Waals surface area (Å²) >= 11 is 11.8. The maximum absolute atomic E-state index is 12.8. The zero-order valence-corrected chi connectivity index (χ0v) is 18.9. The molecule has 3 aromatic rings. The first-order chi connectivity index (χ1) is 14.8. The third kappa shape index (κ3) is 6.21.